The van der Waals surface area contributed by atoms with Crippen molar-refractivity contribution in [2.75, 3.05) is 0 Å². The molecule has 0 saturated carbocycles. The summed E-state index contributed by atoms with van der Waals surface area (Å²) in [7, 11) is 0. The first kappa shape index (κ1) is 13.7. The van der Waals surface area contributed by atoms with Crippen LogP contribution in [0.3, 0.4) is 0 Å². The van der Waals surface area contributed by atoms with Gasteiger partial charge in [-0.2, -0.15) is 0 Å². The summed E-state index contributed by atoms with van der Waals surface area (Å²) >= 11 is 0. The molecule has 20 heavy (non-hydrogen) atoms. The van der Waals surface area contributed by atoms with Crippen molar-refractivity contribution in [1.82, 2.24) is 0 Å². The Morgan fingerprint density at radius 2 is 1.85 bits per heavy atom. The lowest BCUT2D eigenvalue weighted by atomic mass is 10.2. The zero-order valence-electron chi connectivity index (χ0n) is 10.5. The van der Waals surface area contributed by atoms with E-state index < -0.39 is 4.92 Å². The molecule has 2 aromatic carbocycles. The Morgan fingerprint density at radius 3 is 2.50 bits per heavy atom. The summed E-state index contributed by atoms with van der Waals surface area (Å²) in [5, 5.41) is 10.2. The van der Waals surface area contributed by atoms with Crippen molar-refractivity contribution < 1.29 is 14.1 Å². The maximum atomic E-state index is 13.4. The molecule has 0 aliphatic carbocycles. The number of hydrogen-bond donors (Lipinski definition) is 0. The van der Waals surface area contributed by atoms with Gasteiger partial charge in [0, 0.05) is 11.6 Å². The molecule has 0 saturated heterocycles. The smallest absolute Gasteiger partial charge is 0.235 e. The Labute approximate surface area is 115 Å². The molecule has 2 aromatic rings. The van der Waals surface area contributed by atoms with E-state index in [1.807, 2.05) is 0 Å². The third-order valence-electron chi connectivity index (χ3n) is 2.62. The van der Waals surface area contributed by atoms with Gasteiger partial charge in [0.15, 0.2) is 0 Å². The van der Waals surface area contributed by atoms with E-state index in [2.05, 4.69) is 0 Å². The van der Waals surface area contributed by atoms with E-state index >= 15 is 0 Å². The van der Waals surface area contributed by atoms with Crippen LogP contribution < -0.4 is 4.74 Å². The van der Waals surface area contributed by atoms with Gasteiger partial charge in [-0.05, 0) is 23.8 Å². The summed E-state index contributed by atoms with van der Waals surface area (Å²) in [6.07, 6.45) is 2.26. The van der Waals surface area contributed by atoms with Gasteiger partial charge >= 0.3 is 0 Å². The Bertz CT molecular complexity index is 623. The molecule has 0 aliphatic heterocycles. The van der Waals surface area contributed by atoms with Gasteiger partial charge in [0.1, 0.15) is 18.2 Å². The summed E-state index contributed by atoms with van der Waals surface area (Å²) in [6, 6.07) is 13.1. The van der Waals surface area contributed by atoms with Crippen molar-refractivity contribution in [3.05, 3.63) is 81.8 Å². The molecule has 0 spiro atoms. The van der Waals surface area contributed by atoms with Crippen LogP contribution in [0.25, 0.3) is 6.08 Å². The second-order valence-electron chi connectivity index (χ2n) is 4.05. The van der Waals surface area contributed by atoms with Gasteiger partial charge in [-0.1, -0.05) is 30.3 Å². The van der Waals surface area contributed by atoms with Gasteiger partial charge in [-0.25, -0.2) is 4.39 Å². The van der Waals surface area contributed by atoms with Crippen LogP contribution in [0.1, 0.15) is 11.1 Å². The Balaban J connectivity index is 1.97. The lowest BCUT2D eigenvalue weighted by Gasteiger charge is -2.07. The van der Waals surface area contributed by atoms with Crippen LogP contribution in [-0.2, 0) is 6.61 Å². The van der Waals surface area contributed by atoms with Crippen LogP contribution in [0, 0.1) is 15.9 Å². The fourth-order valence-corrected chi connectivity index (χ4v) is 1.60. The lowest BCUT2D eigenvalue weighted by Crippen LogP contribution is -1.98. The molecular weight excluding hydrogens is 261 g/mol. The van der Waals surface area contributed by atoms with Crippen molar-refractivity contribution in [3.63, 3.8) is 0 Å². The fraction of sp³-hybridized carbons (Fsp3) is 0.0667. The van der Waals surface area contributed by atoms with Crippen LogP contribution >= 0.6 is 0 Å². The van der Waals surface area contributed by atoms with E-state index in [0.717, 1.165) is 6.20 Å². The van der Waals surface area contributed by atoms with Crippen LogP contribution in [0.5, 0.6) is 5.75 Å². The molecule has 0 atom stereocenters. The second-order valence-corrected chi connectivity index (χ2v) is 4.05. The fourth-order valence-electron chi connectivity index (χ4n) is 1.60. The largest absolute Gasteiger partial charge is 0.489 e. The van der Waals surface area contributed by atoms with Gasteiger partial charge in [0.05, 0.1) is 4.92 Å². The predicted octanol–water partition coefficient (Wildman–Crippen LogP) is 3.65. The summed E-state index contributed by atoms with van der Waals surface area (Å²) < 4.78 is 18.8. The minimum atomic E-state index is -0.525. The first-order valence-electron chi connectivity index (χ1n) is 5.93. The van der Waals surface area contributed by atoms with E-state index in [4.69, 9.17) is 4.74 Å². The SMILES string of the molecule is O=[N+]([O-])C=Cc1ccc(OCc2ccccc2F)cc1. The molecule has 2 rings (SSSR count). The highest BCUT2D eigenvalue weighted by Crippen LogP contribution is 2.16. The zero-order valence-corrected chi connectivity index (χ0v) is 10.5. The van der Waals surface area contributed by atoms with Crippen molar-refractivity contribution in [1.29, 1.82) is 0 Å². The summed E-state index contributed by atoms with van der Waals surface area (Å²) in [4.78, 5) is 9.66. The highest BCUT2D eigenvalue weighted by atomic mass is 19.1. The van der Waals surface area contributed by atoms with E-state index in [-0.39, 0.29) is 12.4 Å². The number of benzene rings is 2. The molecule has 0 unspecified atom stereocenters. The van der Waals surface area contributed by atoms with Crippen LogP contribution in [0.4, 0.5) is 4.39 Å². The minimum absolute atomic E-state index is 0.136. The highest BCUT2D eigenvalue weighted by molar-refractivity contribution is 5.49. The van der Waals surface area contributed by atoms with Crippen LogP contribution in [0.2, 0.25) is 0 Å². The lowest BCUT2D eigenvalue weighted by molar-refractivity contribution is -0.400. The molecule has 0 aromatic heterocycles. The molecule has 0 bridgehead atoms. The summed E-state index contributed by atoms with van der Waals surface area (Å²) in [5.41, 5.74) is 1.17. The first-order valence-corrected chi connectivity index (χ1v) is 5.93. The normalized spacial score (nSPS) is 10.7. The maximum Gasteiger partial charge on any atom is 0.235 e. The molecular formula is C15H12FNO3. The van der Waals surface area contributed by atoms with Gasteiger partial charge in [0.25, 0.3) is 0 Å². The average molecular weight is 273 g/mol. The van der Waals surface area contributed by atoms with Crippen molar-refractivity contribution in [2.45, 2.75) is 6.61 Å². The Kier molecular flexibility index (Phi) is 4.44. The van der Waals surface area contributed by atoms with Crippen LogP contribution in [-0.4, -0.2) is 4.92 Å². The average Bonchev–Trinajstić information content (AvgIpc) is 2.45. The zero-order chi connectivity index (χ0) is 14.4. The van der Waals surface area contributed by atoms with E-state index in [1.165, 1.54) is 12.1 Å². The topological polar surface area (TPSA) is 52.4 Å². The molecule has 0 amide bonds. The van der Waals surface area contributed by atoms with Gasteiger partial charge < -0.3 is 4.74 Å². The molecule has 5 heteroatoms. The molecule has 4 nitrogen and oxygen atoms in total. The van der Waals surface area contributed by atoms with Crippen molar-refractivity contribution in [3.8, 4) is 5.75 Å². The molecule has 0 fully saturated rings. The minimum Gasteiger partial charge on any atom is -0.489 e. The molecule has 0 aliphatic rings. The second kappa shape index (κ2) is 6.47. The number of nitrogens with zero attached hydrogens (tertiary/aromatic N) is 1. The molecule has 0 radical (unpaired) electrons. The van der Waals surface area contributed by atoms with Gasteiger partial charge in [-0.15, -0.1) is 0 Å². The number of ether oxygens (including phenoxy) is 1. The van der Waals surface area contributed by atoms with Crippen LogP contribution in [0.15, 0.2) is 54.7 Å². The predicted molar refractivity (Wildman–Crippen MR) is 73.2 cm³/mol. The van der Waals surface area contributed by atoms with E-state index in [0.29, 0.717) is 16.9 Å². The monoisotopic (exact) mass is 273 g/mol. The quantitative estimate of drug-likeness (QED) is 0.617. The number of hydrogen-bond acceptors (Lipinski definition) is 3. The van der Waals surface area contributed by atoms with Gasteiger partial charge in [-0.3, -0.25) is 10.1 Å². The Morgan fingerprint density at radius 1 is 1.15 bits per heavy atom. The highest BCUT2D eigenvalue weighted by Gasteiger charge is 2.01. The third-order valence-corrected chi connectivity index (χ3v) is 2.62. The number of nitro groups is 1. The molecule has 0 N–H and O–H groups in total. The maximum absolute atomic E-state index is 13.4. The molecule has 102 valence electrons. The third kappa shape index (κ3) is 3.91. The Hall–Kier alpha value is -2.69. The number of halogens is 1. The van der Waals surface area contributed by atoms with Gasteiger partial charge in [0.2, 0.25) is 6.20 Å². The summed E-state index contributed by atoms with van der Waals surface area (Å²) in [5.74, 6) is 0.268. The molecule has 0 heterocycles. The van der Waals surface area contributed by atoms with E-state index in [1.54, 1.807) is 42.5 Å². The standard InChI is InChI=1S/C15H12FNO3/c16-15-4-2-1-3-13(15)11-20-14-7-5-12(6-8-14)9-10-17(18)19/h1-10H,11H2. The van der Waals surface area contributed by atoms with Crippen molar-refractivity contribution in [2.24, 2.45) is 0 Å². The van der Waals surface area contributed by atoms with E-state index in [9.17, 15) is 14.5 Å². The van der Waals surface area contributed by atoms with Crippen molar-refractivity contribution >= 4 is 6.08 Å². The first-order chi connectivity index (χ1) is 9.65. The number of rotatable bonds is 5. The summed E-state index contributed by atoms with van der Waals surface area (Å²) in [6.45, 7) is 0.136.